The van der Waals surface area contributed by atoms with Gasteiger partial charge in [0, 0.05) is 17.7 Å². The summed E-state index contributed by atoms with van der Waals surface area (Å²) in [6, 6.07) is 18.5. The topological polar surface area (TPSA) is 90.9 Å². The minimum absolute atomic E-state index is 0. The third-order valence-electron chi connectivity index (χ3n) is 5.37. The maximum absolute atomic E-state index is 12.2. The Hall–Kier alpha value is -2.97. The van der Waals surface area contributed by atoms with E-state index in [0.29, 0.717) is 5.56 Å². The van der Waals surface area contributed by atoms with Gasteiger partial charge in [0.15, 0.2) is 0 Å². The summed E-state index contributed by atoms with van der Waals surface area (Å²) in [5, 5.41) is 11.0. The highest BCUT2D eigenvalue weighted by Crippen LogP contribution is 2.20. The lowest BCUT2D eigenvalue weighted by atomic mass is 10.0. The average Bonchev–Trinajstić information content (AvgIpc) is 2.84. The molecule has 182 valence electrons. The fraction of sp³-hybridized carbons (Fsp3) is 0.308. The highest BCUT2D eigenvalue weighted by Gasteiger charge is 2.09. The Morgan fingerprint density at radius 3 is 1.91 bits per heavy atom. The lowest BCUT2D eigenvalue weighted by molar-refractivity contribution is 0.0234. The van der Waals surface area contributed by atoms with Gasteiger partial charge in [0.25, 0.3) is 11.8 Å². The third kappa shape index (κ3) is 7.53. The van der Waals surface area contributed by atoms with E-state index >= 15 is 0 Å². The summed E-state index contributed by atoms with van der Waals surface area (Å²) in [6.45, 7) is 7.83. The number of hydrogen-bond acceptors (Lipinski definition) is 5. The molecule has 34 heavy (non-hydrogen) atoms. The van der Waals surface area contributed by atoms with E-state index in [1.54, 1.807) is 5.48 Å². The Labute approximate surface area is 206 Å². The molecule has 0 fully saturated rings. The number of fused-ring (bicyclic) bond motifs is 1. The second-order valence-corrected chi connectivity index (χ2v) is 8.03. The number of amides is 2. The molecule has 0 atom stereocenters. The van der Waals surface area contributed by atoms with Crippen molar-refractivity contribution in [1.82, 2.24) is 15.9 Å². The van der Waals surface area contributed by atoms with Crippen LogP contribution in [-0.2, 0) is 18.0 Å². The van der Waals surface area contributed by atoms with Crippen molar-refractivity contribution in [3.63, 3.8) is 0 Å². The lowest BCUT2D eigenvalue weighted by Crippen LogP contribution is -2.24. The van der Waals surface area contributed by atoms with Gasteiger partial charge < -0.3 is 0 Å². The normalized spacial score (nSPS) is 10.7. The molecule has 7 nitrogen and oxygen atoms in total. The van der Waals surface area contributed by atoms with Crippen molar-refractivity contribution in [2.24, 2.45) is 0 Å². The van der Waals surface area contributed by atoms with E-state index in [0.717, 1.165) is 43.4 Å². The molecule has 2 amide bonds. The fourth-order valence-corrected chi connectivity index (χ4v) is 3.77. The number of nitrogens with zero attached hydrogens (tertiary/aromatic N) is 1. The maximum Gasteiger partial charge on any atom is 0.274 e. The zero-order valence-electron chi connectivity index (χ0n) is 19.5. The first-order valence-electron chi connectivity index (χ1n) is 11.2. The smallest absolute Gasteiger partial charge is 0.274 e. The van der Waals surface area contributed by atoms with Gasteiger partial charge >= 0.3 is 0 Å². The molecular formula is C26H32ClN3O4. The molecule has 0 aliphatic carbocycles. The van der Waals surface area contributed by atoms with Gasteiger partial charge in [-0.3, -0.25) is 24.5 Å². The minimum atomic E-state index is -0.638. The van der Waals surface area contributed by atoms with Crippen molar-refractivity contribution in [1.29, 1.82) is 0 Å². The molecule has 0 heterocycles. The molecule has 0 radical (unpaired) electrons. The largest absolute Gasteiger partial charge is 0.299 e. The number of hydroxylamine groups is 2. The van der Waals surface area contributed by atoms with Gasteiger partial charge in [-0.2, -0.15) is 0 Å². The number of carbonyl (C=O) groups excluding carboxylic acids is 2. The van der Waals surface area contributed by atoms with Crippen LogP contribution in [0.1, 0.15) is 58.5 Å². The quantitative estimate of drug-likeness (QED) is 0.266. The van der Waals surface area contributed by atoms with Crippen molar-refractivity contribution in [2.75, 3.05) is 13.1 Å². The average molecular weight is 486 g/mol. The zero-order chi connectivity index (χ0) is 23.6. The van der Waals surface area contributed by atoms with Crippen LogP contribution in [-0.4, -0.2) is 35.0 Å². The predicted octanol–water partition coefficient (Wildman–Crippen LogP) is 4.86. The van der Waals surface area contributed by atoms with Crippen LogP contribution < -0.4 is 11.0 Å². The van der Waals surface area contributed by atoms with Crippen molar-refractivity contribution in [3.8, 4) is 0 Å². The highest BCUT2D eigenvalue weighted by molar-refractivity contribution is 5.97. The van der Waals surface area contributed by atoms with Gasteiger partial charge in [-0.15, -0.1) is 12.4 Å². The Morgan fingerprint density at radius 2 is 1.35 bits per heavy atom. The summed E-state index contributed by atoms with van der Waals surface area (Å²) >= 11 is 0. The molecule has 0 aliphatic heterocycles. The number of carbonyl (C=O) groups is 2. The number of benzene rings is 3. The molecule has 0 saturated heterocycles. The van der Waals surface area contributed by atoms with Crippen LogP contribution in [0.2, 0.25) is 0 Å². The molecule has 0 aliphatic rings. The number of hydrogen-bond donors (Lipinski definition) is 3. The summed E-state index contributed by atoms with van der Waals surface area (Å²) in [5.74, 6) is -1.05. The van der Waals surface area contributed by atoms with E-state index in [1.165, 1.54) is 35.2 Å². The van der Waals surface area contributed by atoms with Gasteiger partial charge in [-0.1, -0.05) is 38.1 Å². The van der Waals surface area contributed by atoms with Crippen LogP contribution in [0.3, 0.4) is 0 Å². The van der Waals surface area contributed by atoms with E-state index in [2.05, 4.69) is 54.6 Å². The van der Waals surface area contributed by atoms with E-state index in [-0.39, 0.29) is 24.6 Å². The maximum atomic E-state index is 12.2. The van der Waals surface area contributed by atoms with E-state index in [1.807, 2.05) is 6.07 Å². The number of rotatable bonds is 11. The van der Waals surface area contributed by atoms with Crippen LogP contribution in [0.25, 0.3) is 10.8 Å². The molecule has 0 bridgehead atoms. The molecule has 0 aromatic heterocycles. The van der Waals surface area contributed by atoms with Crippen LogP contribution in [0.15, 0.2) is 60.7 Å². The Balaban J connectivity index is 0.00000408. The zero-order valence-corrected chi connectivity index (χ0v) is 20.4. The molecule has 0 unspecified atom stereocenters. The minimum Gasteiger partial charge on any atom is -0.299 e. The van der Waals surface area contributed by atoms with E-state index < -0.39 is 11.8 Å². The fourth-order valence-electron chi connectivity index (χ4n) is 3.77. The van der Waals surface area contributed by atoms with Crippen molar-refractivity contribution in [3.05, 3.63) is 82.9 Å². The molecule has 0 spiro atoms. The molecular weight excluding hydrogens is 454 g/mol. The van der Waals surface area contributed by atoms with Gasteiger partial charge in [-0.25, -0.2) is 11.0 Å². The lowest BCUT2D eigenvalue weighted by Gasteiger charge is -2.21. The van der Waals surface area contributed by atoms with E-state index in [4.69, 9.17) is 10.0 Å². The number of halogens is 1. The standard InChI is InChI=1S/C26H31N3O4.ClH/c1-3-13-29(14-4-2)17-19-5-7-24-16-20(6-8-23(24)15-19)18-33-28-26(31)22-11-9-21(10-12-22)25(30)27-32;/h5-12,15-16,32H,3-4,13-14,17-18H2,1-2H3,(H,27,30)(H,28,31);1H. The first-order valence-corrected chi connectivity index (χ1v) is 11.2. The summed E-state index contributed by atoms with van der Waals surface area (Å²) in [6.07, 6.45) is 2.30. The Kier molecular flexibility index (Phi) is 11.0. The molecule has 3 N–H and O–H groups in total. The van der Waals surface area contributed by atoms with Crippen molar-refractivity contribution < 1.29 is 19.6 Å². The van der Waals surface area contributed by atoms with Gasteiger partial charge in [0.1, 0.15) is 0 Å². The molecule has 8 heteroatoms. The van der Waals surface area contributed by atoms with Crippen molar-refractivity contribution in [2.45, 2.75) is 39.8 Å². The summed E-state index contributed by atoms with van der Waals surface area (Å²) in [5.41, 5.74) is 6.82. The summed E-state index contributed by atoms with van der Waals surface area (Å²) < 4.78 is 0. The van der Waals surface area contributed by atoms with Gasteiger partial charge in [0.05, 0.1) is 6.61 Å². The number of nitrogens with one attached hydrogen (secondary N) is 2. The van der Waals surface area contributed by atoms with Gasteiger partial charge in [-0.05, 0) is 84.2 Å². The van der Waals surface area contributed by atoms with Crippen LogP contribution in [0.4, 0.5) is 0 Å². The van der Waals surface area contributed by atoms with E-state index in [9.17, 15) is 9.59 Å². The molecule has 3 aromatic rings. The summed E-state index contributed by atoms with van der Waals surface area (Å²) in [7, 11) is 0. The van der Waals surface area contributed by atoms with Crippen LogP contribution >= 0.6 is 12.4 Å². The molecule has 3 aromatic carbocycles. The second kappa shape index (κ2) is 13.7. The Bertz CT molecular complexity index is 1080. The second-order valence-electron chi connectivity index (χ2n) is 8.03. The third-order valence-corrected chi connectivity index (χ3v) is 5.37. The van der Waals surface area contributed by atoms with Crippen LogP contribution in [0.5, 0.6) is 0 Å². The molecule has 3 rings (SSSR count). The van der Waals surface area contributed by atoms with Crippen molar-refractivity contribution >= 4 is 35.0 Å². The molecule has 0 saturated carbocycles. The predicted molar refractivity (Wildman–Crippen MR) is 135 cm³/mol. The first-order chi connectivity index (χ1) is 16.0. The van der Waals surface area contributed by atoms with Crippen LogP contribution in [0, 0.1) is 0 Å². The Morgan fingerprint density at radius 1 is 0.824 bits per heavy atom. The first kappa shape index (κ1) is 27.3. The summed E-state index contributed by atoms with van der Waals surface area (Å²) in [4.78, 5) is 31.4. The SMILES string of the molecule is CCCN(CCC)Cc1ccc2cc(CONC(=O)c3ccc(C(=O)NO)cc3)ccc2c1.Cl. The highest BCUT2D eigenvalue weighted by atomic mass is 35.5. The monoisotopic (exact) mass is 485 g/mol. The van der Waals surface area contributed by atoms with Gasteiger partial charge in [0.2, 0.25) is 0 Å².